The molecule has 0 saturated heterocycles. The molecule has 0 bridgehead atoms. The molecule has 1 N–H and O–H groups in total. The number of carbonyl (C=O) groups excluding carboxylic acids is 2. The van der Waals surface area contributed by atoms with Gasteiger partial charge in [0.05, 0.1) is 0 Å². The van der Waals surface area contributed by atoms with E-state index in [1.165, 1.54) is 12.2 Å². The Morgan fingerprint density at radius 1 is 1.19 bits per heavy atom. The predicted molar refractivity (Wildman–Crippen MR) is 67.5 cm³/mol. The van der Waals surface area contributed by atoms with Crippen LogP contribution in [-0.4, -0.2) is 30.4 Å². The Morgan fingerprint density at radius 2 is 2.00 bits per heavy atom. The molecule has 4 heteroatoms. The molecule has 0 saturated carbocycles. The SMILES string of the molecule is CCCNCCCSC1=CC(=O)C(=O)C=C1. The van der Waals surface area contributed by atoms with Gasteiger partial charge in [-0.25, -0.2) is 0 Å². The molecule has 0 unspecified atom stereocenters. The van der Waals surface area contributed by atoms with E-state index in [4.69, 9.17) is 0 Å². The summed E-state index contributed by atoms with van der Waals surface area (Å²) in [6.07, 6.45) is 6.70. The zero-order valence-electron chi connectivity index (χ0n) is 9.49. The second kappa shape index (κ2) is 7.41. The normalized spacial score (nSPS) is 15.4. The Morgan fingerprint density at radius 3 is 2.69 bits per heavy atom. The van der Waals surface area contributed by atoms with Crippen molar-refractivity contribution in [2.75, 3.05) is 18.8 Å². The van der Waals surface area contributed by atoms with Gasteiger partial charge in [-0.1, -0.05) is 6.92 Å². The first-order valence-corrected chi connectivity index (χ1v) is 6.54. The van der Waals surface area contributed by atoms with Gasteiger partial charge < -0.3 is 5.32 Å². The third-order valence-corrected chi connectivity index (χ3v) is 3.19. The van der Waals surface area contributed by atoms with E-state index in [1.54, 1.807) is 17.8 Å². The highest BCUT2D eigenvalue weighted by Gasteiger charge is 2.12. The van der Waals surface area contributed by atoms with Crippen LogP contribution in [0.3, 0.4) is 0 Å². The number of thioether (sulfide) groups is 1. The van der Waals surface area contributed by atoms with Gasteiger partial charge in [-0.2, -0.15) is 0 Å². The summed E-state index contributed by atoms with van der Waals surface area (Å²) in [5, 5.41) is 3.32. The number of hydrogen-bond donors (Lipinski definition) is 1. The standard InChI is InChI=1S/C12H17NO2S/c1-2-6-13-7-3-8-16-10-4-5-11(14)12(15)9-10/h4-5,9,13H,2-3,6-8H2,1H3. The van der Waals surface area contributed by atoms with Gasteiger partial charge >= 0.3 is 0 Å². The van der Waals surface area contributed by atoms with Crippen LogP contribution in [0.2, 0.25) is 0 Å². The van der Waals surface area contributed by atoms with E-state index < -0.39 is 11.6 Å². The maximum absolute atomic E-state index is 11.1. The van der Waals surface area contributed by atoms with E-state index in [-0.39, 0.29) is 0 Å². The largest absolute Gasteiger partial charge is 0.317 e. The summed E-state index contributed by atoms with van der Waals surface area (Å²) in [4.78, 5) is 22.9. The Kier molecular flexibility index (Phi) is 6.11. The van der Waals surface area contributed by atoms with Crippen LogP contribution in [0.5, 0.6) is 0 Å². The van der Waals surface area contributed by atoms with Crippen LogP contribution < -0.4 is 5.32 Å². The van der Waals surface area contributed by atoms with Gasteiger partial charge in [-0.3, -0.25) is 9.59 Å². The maximum atomic E-state index is 11.1. The second-order valence-corrected chi connectivity index (χ2v) is 4.73. The Balaban J connectivity index is 2.14. The van der Waals surface area contributed by atoms with Gasteiger partial charge in [0.2, 0.25) is 11.6 Å². The van der Waals surface area contributed by atoms with Crippen LogP contribution in [0, 0.1) is 0 Å². The molecule has 88 valence electrons. The second-order valence-electron chi connectivity index (χ2n) is 3.56. The number of allylic oxidation sites excluding steroid dienone is 3. The van der Waals surface area contributed by atoms with Gasteiger partial charge in [-0.05, 0) is 43.8 Å². The highest BCUT2D eigenvalue weighted by Crippen LogP contribution is 2.20. The van der Waals surface area contributed by atoms with E-state index in [0.29, 0.717) is 0 Å². The highest BCUT2D eigenvalue weighted by atomic mass is 32.2. The van der Waals surface area contributed by atoms with Gasteiger partial charge in [-0.15, -0.1) is 11.8 Å². The molecule has 0 fully saturated rings. The van der Waals surface area contributed by atoms with Crippen molar-refractivity contribution in [1.82, 2.24) is 5.32 Å². The van der Waals surface area contributed by atoms with Crippen LogP contribution in [-0.2, 0) is 9.59 Å². The molecule has 0 aromatic carbocycles. The van der Waals surface area contributed by atoms with Gasteiger partial charge in [0.25, 0.3) is 0 Å². The van der Waals surface area contributed by atoms with Gasteiger partial charge in [0.1, 0.15) is 0 Å². The summed E-state index contributed by atoms with van der Waals surface area (Å²) in [6, 6.07) is 0. The molecule has 1 rings (SSSR count). The lowest BCUT2D eigenvalue weighted by molar-refractivity contribution is -0.131. The molecule has 0 radical (unpaired) electrons. The lowest BCUT2D eigenvalue weighted by Gasteiger charge is -2.05. The summed E-state index contributed by atoms with van der Waals surface area (Å²) in [5.74, 6) is 0.136. The third kappa shape index (κ3) is 4.77. The average molecular weight is 239 g/mol. The van der Waals surface area contributed by atoms with Crippen molar-refractivity contribution in [1.29, 1.82) is 0 Å². The van der Waals surface area contributed by atoms with Crippen LogP contribution in [0.25, 0.3) is 0 Å². The first kappa shape index (κ1) is 13.2. The highest BCUT2D eigenvalue weighted by molar-refractivity contribution is 8.03. The summed E-state index contributed by atoms with van der Waals surface area (Å²) >= 11 is 1.62. The summed E-state index contributed by atoms with van der Waals surface area (Å²) in [7, 11) is 0. The van der Waals surface area contributed by atoms with Crippen molar-refractivity contribution in [3.8, 4) is 0 Å². The topological polar surface area (TPSA) is 46.2 Å². The van der Waals surface area contributed by atoms with Crippen molar-refractivity contribution in [3.63, 3.8) is 0 Å². The molecule has 0 aromatic rings. The molecule has 0 atom stereocenters. The molecule has 0 aromatic heterocycles. The fourth-order valence-corrected chi connectivity index (χ4v) is 2.15. The van der Waals surface area contributed by atoms with Gasteiger partial charge in [0, 0.05) is 11.0 Å². The van der Waals surface area contributed by atoms with Crippen LogP contribution in [0.15, 0.2) is 23.1 Å². The minimum atomic E-state index is -0.422. The Bertz CT molecular complexity index is 321. The molecule has 16 heavy (non-hydrogen) atoms. The monoisotopic (exact) mass is 239 g/mol. The number of rotatable bonds is 7. The van der Waals surface area contributed by atoms with E-state index in [2.05, 4.69) is 12.2 Å². The average Bonchev–Trinajstić information content (AvgIpc) is 2.28. The zero-order valence-corrected chi connectivity index (χ0v) is 10.3. The quantitative estimate of drug-likeness (QED) is 0.417. The van der Waals surface area contributed by atoms with Crippen molar-refractivity contribution in [2.45, 2.75) is 19.8 Å². The Hall–Kier alpha value is -0.870. The van der Waals surface area contributed by atoms with Crippen molar-refractivity contribution >= 4 is 23.3 Å². The lowest BCUT2D eigenvalue weighted by atomic mass is 10.1. The fourth-order valence-electron chi connectivity index (χ4n) is 1.27. The smallest absolute Gasteiger partial charge is 0.226 e. The van der Waals surface area contributed by atoms with Gasteiger partial charge in [0.15, 0.2) is 0 Å². The third-order valence-electron chi connectivity index (χ3n) is 2.11. The maximum Gasteiger partial charge on any atom is 0.226 e. The zero-order chi connectivity index (χ0) is 11.8. The number of carbonyl (C=O) groups is 2. The molecule has 0 heterocycles. The molecular formula is C12H17NO2S. The lowest BCUT2D eigenvalue weighted by Crippen LogP contribution is -2.16. The summed E-state index contributed by atoms with van der Waals surface area (Å²) < 4.78 is 0. The van der Waals surface area contributed by atoms with E-state index in [1.807, 2.05) is 0 Å². The number of hydrogen-bond acceptors (Lipinski definition) is 4. The van der Waals surface area contributed by atoms with Crippen molar-refractivity contribution in [3.05, 3.63) is 23.1 Å². The predicted octanol–water partition coefficient (Wildman–Crippen LogP) is 1.70. The number of nitrogens with one attached hydrogen (secondary N) is 1. The molecule has 1 aliphatic carbocycles. The molecule has 3 nitrogen and oxygen atoms in total. The molecule has 0 spiro atoms. The minimum absolute atomic E-state index is 0.408. The van der Waals surface area contributed by atoms with Crippen molar-refractivity contribution < 1.29 is 9.59 Å². The van der Waals surface area contributed by atoms with E-state index >= 15 is 0 Å². The number of ketones is 2. The van der Waals surface area contributed by atoms with E-state index in [0.717, 1.165) is 36.6 Å². The summed E-state index contributed by atoms with van der Waals surface area (Å²) in [6.45, 7) is 4.20. The molecular weight excluding hydrogens is 222 g/mol. The summed E-state index contributed by atoms with van der Waals surface area (Å²) in [5.41, 5.74) is 0. The molecule has 0 amide bonds. The van der Waals surface area contributed by atoms with Crippen LogP contribution in [0.4, 0.5) is 0 Å². The first-order chi connectivity index (χ1) is 7.74. The fraction of sp³-hybridized carbons (Fsp3) is 0.500. The Labute approximate surface area is 100 Å². The van der Waals surface area contributed by atoms with Crippen LogP contribution >= 0.6 is 11.8 Å². The molecule has 1 aliphatic rings. The molecule has 0 aliphatic heterocycles. The van der Waals surface area contributed by atoms with E-state index in [9.17, 15) is 9.59 Å². The van der Waals surface area contributed by atoms with Crippen LogP contribution in [0.1, 0.15) is 19.8 Å². The minimum Gasteiger partial charge on any atom is -0.317 e. The first-order valence-electron chi connectivity index (χ1n) is 5.55. The van der Waals surface area contributed by atoms with Crippen molar-refractivity contribution in [2.24, 2.45) is 0 Å².